The van der Waals surface area contributed by atoms with Crippen molar-refractivity contribution >= 4 is 17.3 Å². The van der Waals surface area contributed by atoms with Gasteiger partial charge in [-0.25, -0.2) is 0 Å². The zero-order valence-corrected chi connectivity index (χ0v) is 10.3. The van der Waals surface area contributed by atoms with Gasteiger partial charge in [-0.2, -0.15) is 0 Å². The molecule has 1 N–H and O–H groups in total. The molecule has 0 saturated heterocycles. The number of Topliss-reactive ketones (excluding diaryl/α,β-unsaturated/α-hetero) is 1. The van der Waals surface area contributed by atoms with Gasteiger partial charge in [0.2, 0.25) is 5.78 Å². The highest BCUT2D eigenvalue weighted by atomic mass is 16.2. The molecule has 0 atom stereocenters. The molecule has 0 spiro atoms. The summed E-state index contributed by atoms with van der Waals surface area (Å²) in [6.07, 6.45) is 5.43. The Morgan fingerprint density at radius 1 is 1.28 bits per heavy atom. The monoisotopic (exact) mass is 239 g/mol. The lowest BCUT2D eigenvalue weighted by atomic mass is 10.1. The molecule has 1 aliphatic carbocycles. The van der Waals surface area contributed by atoms with Gasteiger partial charge in [0.25, 0.3) is 5.91 Å². The number of fused-ring (bicyclic) bond motifs is 1. The van der Waals surface area contributed by atoms with Crippen molar-refractivity contribution in [2.24, 2.45) is 0 Å². The molecule has 0 aromatic heterocycles. The third-order valence-corrected chi connectivity index (χ3v) is 2.71. The van der Waals surface area contributed by atoms with Crippen LogP contribution in [0.15, 0.2) is 29.8 Å². The van der Waals surface area contributed by atoms with Crippen LogP contribution < -0.4 is 5.32 Å². The van der Waals surface area contributed by atoms with Gasteiger partial charge in [-0.3, -0.25) is 9.59 Å². The summed E-state index contributed by atoms with van der Waals surface area (Å²) in [5.74, 6) is 1.75. The number of ketones is 1. The summed E-state index contributed by atoms with van der Waals surface area (Å²) in [7, 11) is 0. The molecule has 0 heterocycles. The van der Waals surface area contributed by atoms with Gasteiger partial charge in [0.15, 0.2) is 0 Å². The second kappa shape index (κ2) is 4.50. The molecule has 1 amide bonds. The van der Waals surface area contributed by atoms with E-state index in [1.54, 1.807) is 24.3 Å². The molecule has 18 heavy (non-hydrogen) atoms. The average Bonchev–Trinajstić information content (AvgIpc) is 2.62. The van der Waals surface area contributed by atoms with E-state index in [0.717, 1.165) is 0 Å². The Labute approximate surface area is 106 Å². The van der Waals surface area contributed by atoms with Crippen molar-refractivity contribution in [1.82, 2.24) is 5.32 Å². The highest BCUT2D eigenvalue weighted by Gasteiger charge is 2.33. The van der Waals surface area contributed by atoms with Crippen molar-refractivity contribution in [3.63, 3.8) is 0 Å². The summed E-state index contributed by atoms with van der Waals surface area (Å²) >= 11 is 0. The van der Waals surface area contributed by atoms with Crippen LogP contribution in [0.3, 0.4) is 0 Å². The Balaban J connectivity index is 2.52. The van der Waals surface area contributed by atoms with E-state index in [1.807, 2.05) is 13.8 Å². The smallest absolute Gasteiger partial charge is 0.256 e. The quantitative estimate of drug-likeness (QED) is 0.631. The molecular weight excluding hydrogens is 226 g/mol. The highest BCUT2D eigenvalue weighted by Crippen LogP contribution is 2.32. The van der Waals surface area contributed by atoms with Gasteiger partial charge >= 0.3 is 0 Å². The predicted molar refractivity (Wildman–Crippen MR) is 69.8 cm³/mol. The topological polar surface area (TPSA) is 46.2 Å². The predicted octanol–water partition coefficient (Wildman–Crippen LogP) is 1.79. The first-order valence-electron chi connectivity index (χ1n) is 5.72. The van der Waals surface area contributed by atoms with Crippen molar-refractivity contribution in [1.29, 1.82) is 0 Å². The SMILES string of the molecule is C#CC1=C(C(=O)NC(C)C)C(=O)c2ccccc21. The molecule has 3 heteroatoms. The van der Waals surface area contributed by atoms with Gasteiger partial charge in [0.1, 0.15) is 5.57 Å². The van der Waals surface area contributed by atoms with Crippen LogP contribution in [0.4, 0.5) is 0 Å². The Kier molecular flexibility index (Phi) is 3.03. The summed E-state index contributed by atoms with van der Waals surface area (Å²) < 4.78 is 0. The van der Waals surface area contributed by atoms with E-state index in [0.29, 0.717) is 16.7 Å². The van der Waals surface area contributed by atoms with Crippen LogP contribution in [-0.4, -0.2) is 17.7 Å². The number of allylic oxidation sites excluding steroid dienone is 1. The van der Waals surface area contributed by atoms with E-state index in [9.17, 15) is 9.59 Å². The molecule has 90 valence electrons. The number of hydrogen-bond acceptors (Lipinski definition) is 2. The number of terminal acetylenes is 1. The van der Waals surface area contributed by atoms with Gasteiger partial charge in [-0.05, 0) is 13.8 Å². The third-order valence-electron chi connectivity index (χ3n) is 2.71. The Morgan fingerprint density at radius 2 is 1.89 bits per heavy atom. The van der Waals surface area contributed by atoms with Crippen molar-refractivity contribution in [3.05, 3.63) is 41.0 Å². The van der Waals surface area contributed by atoms with E-state index >= 15 is 0 Å². The molecule has 0 unspecified atom stereocenters. The molecule has 0 saturated carbocycles. The minimum absolute atomic E-state index is 0.0412. The molecule has 0 fully saturated rings. The van der Waals surface area contributed by atoms with E-state index < -0.39 is 5.91 Å². The number of benzene rings is 1. The maximum absolute atomic E-state index is 12.2. The lowest BCUT2D eigenvalue weighted by Crippen LogP contribution is -2.33. The van der Waals surface area contributed by atoms with Gasteiger partial charge in [-0.15, -0.1) is 6.42 Å². The first-order valence-corrected chi connectivity index (χ1v) is 5.72. The standard InChI is InChI=1S/C15H13NO2/c1-4-10-11-7-5-6-8-12(11)14(17)13(10)15(18)16-9(2)3/h1,5-9H,2-3H3,(H,16,18). The van der Waals surface area contributed by atoms with Crippen molar-refractivity contribution in [2.45, 2.75) is 19.9 Å². The van der Waals surface area contributed by atoms with Crippen LogP contribution in [0.5, 0.6) is 0 Å². The fourth-order valence-corrected chi connectivity index (χ4v) is 1.98. The summed E-state index contributed by atoms with van der Waals surface area (Å²) in [5, 5.41) is 2.70. The van der Waals surface area contributed by atoms with Gasteiger partial charge in [-0.1, -0.05) is 30.2 Å². The normalized spacial score (nSPS) is 13.6. The number of carbonyl (C=O) groups is 2. The van der Waals surface area contributed by atoms with Crippen molar-refractivity contribution < 1.29 is 9.59 Å². The fourth-order valence-electron chi connectivity index (χ4n) is 1.98. The van der Waals surface area contributed by atoms with Gasteiger partial charge in [0.05, 0.1) is 0 Å². The van der Waals surface area contributed by atoms with Crippen LogP contribution in [0.2, 0.25) is 0 Å². The summed E-state index contributed by atoms with van der Waals surface area (Å²) in [6, 6.07) is 6.96. The summed E-state index contributed by atoms with van der Waals surface area (Å²) in [4.78, 5) is 24.2. The minimum Gasteiger partial charge on any atom is -0.350 e. The minimum atomic E-state index is -0.404. The van der Waals surface area contributed by atoms with Crippen LogP contribution in [-0.2, 0) is 4.79 Å². The van der Waals surface area contributed by atoms with Crippen molar-refractivity contribution in [3.8, 4) is 12.3 Å². The lowest BCUT2D eigenvalue weighted by Gasteiger charge is -2.08. The molecule has 1 aromatic rings. The van der Waals surface area contributed by atoms with Gasteiger partial charge < -0.3 is 5.32 Å². The third kappa shape index (κ3) is 1.82. The highest BCUT2D eigenvalue weighted by molar-refractivity contribution is 6.36. The number of amides is 1. The van der Waals surface area contributed by atoms with Crippen LogP contribution in [0.1, 0.15) is 29.8 Å². The molecule has 2 rings (SSSR count). The fraction of sp³-hybridized carbons (Fsp3) is 0.200. The molecule has 0 bridgehead atoms. The van der Waals surface area contributed by atoms with E-state index in [4.69, 9.17) is 6.42 Å². The first kappa shape index (κ1) is 12.1. The second-order valence-corrected chi connectivity index (χ2v) is 4.40. The molecule has 0 aliphatic heterocycles. The summed E-state index contributed by atoms with van der Waals surface area (Å²) in [6.45, 7) is 3.67. The zero-order valence-electron chi connectivity index (χ0n) is 10.3. The Morgan fingerprint density at radius 3 is 2.44 bits per heavy atom. The number of hydrogen-bond donors (Lipinski definition) is 1. The first-order chi connectivity index (χ1) is 8.56. The summed E-state index contributed by atoms with van der Waals surface area (Å²) in [5.41, 5.74) is 1.62. The van der Waals surface area contributed by atoms with Gasteiger partial charge in [0, 0.05) is 22.7 Å². The number of nitrogens with one attached hydrogen (secondary N) is 1. The zero-order chi connectivity index (χ0) is 13.3. The Bertz CT molecular complexity index is 603. The van der Waals surface area contributed by atoms with Crippen molar-refractivity contribution in [2.75, 3.05) is 0 Å². The van der Waals surface area contributed by atoms with E-state index in [2.05, 4.69) is 11.2 Å². The molecule has 1 aliphatic rings. The molecule has 0 radical (unpaired) electrons. The van der Waals surface area contributed by atoms with Crippen LogP contribution >= 0.6 is 0 Å². The van der Waals surface area contributed by atoms with E-state index in [-0.39, 0.29) is 17.4 Å². The Hall–Kier alpha value is -2.34. The second-order valence-electron chi connectivity index (χ2n) is 4.40. The number of carbonyl (C=O) groups excluding carboxylic acids is 2. The molecular formula is C15H13NO2. The molecule has 1 aromatic carbocycles. The van der Waals surface area contributed by atoms with Crippen LogP contribution in [0, 0.1) is 12.3 Å². The lowest BCUT2D eigenvalue weighted by molar-refractivity contribution is -0.117. The van der Waals surface area contributed by atoms with E-state index in [1.165, 1.54) is 0 Å². The average molecular weight is 239 g/mol. The number of rotatable bonds is 2. The largest absolute Gasteiger partial charge is 0.350 e. The molecule has 3 nitrogen and oxygen atoms in total. The van der Waals surface area contributed by atoms with Crippen LogP contribution in [0.25, 0.3) is 5.57 Å². The maximum atomic E-state index is 12.2. The maximum Gasteiger partial charge on any atom is 0.256 e.